The Balaban J connectivity index is 1.92. The first-order chi connectivity index (χ1) is 9.49. The third-order valence-corrected chi connectivity index (χ3v) is 5.60. The van der Waals surface area contributed by atoms with Gasteiger partial charge in [-0.1, -0.05) is 18.2 Å². The smallest absolute Gasteiger partial charge is 0.240 e. The Kier molecular flexibility index (Phi) is 4.93. The van der Waals surface area contributed by atoms with Crippen molar-refractivity contribution in [2.24, 2.45) is 0 Å². The summed E-state index contributed by atoms with van der Waals surface area (Å²) in [6, 6.07) is 12.1. The van der Waals surface area contributed by atoms with Crippen molar-refractivity contribution in [2.45, 2.75) is 24.3 Å². The second-order valence-corrected chi connectivity index (χ2v) is 7.41. The molecular formula is C14H17NO3S2. The number of thiophene rings is 1. The average molecular weight is 311 g/mol. The van der Waals surface area contributed by atoms with Gasteiger partial charge in [0.2, 0.25) is 10.0 Å². The number of nitrogens with one attached hydrogen (secondary N) is 1. The third-order valence-electron chi connectivity index (χ3n) is 2.81. The molecule has 1 aromatic carbocycles. The number of aliphatic hydroxyl groups excluding tert-OH is 1. The monoisotopic (exact) mass is 311 g/mol. The van der Waals surface area contributed by atoms with E-state index >= 15 is 0 Å². The van der Waals surface area contributed by atoms with Crippen LogP contribution in [-0.2, 0) is 16.4 Å². The van der Waals surface area contributed by atoms with E-state index < -0.39 is 16.1 Å². The lowest BCUT2D eigenvalue weighted by atomic mass is 10.3. The van der Waals surface area contributed by atoms with Gasteiger partial charge in [0.1, 0.15) is 0 Å². The van der Waals surface area contributed by atoms with Crippen molar-refractivity contribution >= 4 is 21.4 Å². The maximum atomic E-state index is 12.0. The summed E-state index contributed by atoms with van der Waals surface area (Å²) < 4.78 is 26.6. The van der Waals surface area contributed by atoms with Gasteiger partial charge in [-0.15, -0.1) is 11.3 Å². The fourth-order valence-electron chi connectivity index (χ4n) is 1.74. The fraction of sp³-hybridized carbons (Fsp3) is 0.286. The van der Waals surface area contributed by atoms with Crippen molar-refractivity contribution in [1.29, 1.82) is 0 Å². The Morgan fingerprint density at radius 3 is 2.50 bits per heavy atom. The Morgan fingerprint density at radius 2 is 1.90 bits per heavy atom. The lowest BCUT2D eigenvalue weighted by molar-refractivity contribution is 0.203. The number of sulfonamides is 1. The van der Waals surface area contributed by atoms with E-state index in [2.05, 4.69) is 4.72 Å². The van der Waals surface area contributed by atoms with E-state index in [9.17, 15) is 13.5 Å². The van der Waals surface area contributed by atoms with Gasteiger partial charge in [-0.3, -0.25) is 0 Å². The van der Waals surface area contributed by atoms with Crippen molar-refractivity contribution in [3.05, 3.63) is 52.2 Å². The molecule has 1 atom stereocenters. The highest BCUT2D eigenvalue weighted by Gasteiger charge is 2.12. The van der Waals surface area contributed by atoms with Crippen molar-refractivity contribution < 1.29 is 13.5 Å². The maximum absolute atomic E-state index is 12.0. The van der Waals surface area contributed by atoms with Gasteiger partial charge in [-0.2, -0.15) is 0 Å². The van der Waals surface area contributed by atoms with Crippen molar-refractivity contribution in [3.8, 4) is 0 Å². The highest BCUT2D eigenvalue weighted by atomic mass is 32.2. The molecule has 6 heteroatoms. The number of hydrogen-bond acceptors (Lipinski definition) is 4. The van der Waals surface area contributed by atoms with E-state index in [0.29, 0.717) is 13.0 Å². The highest BCUT2D eigenvalue weighted by molar-refractivity contribution is 7.89. The molecule has 0 unspecified atom stereocenters. The van der Waals surface area contributed by atoms with Gasteiger partial charge in [-0.05, 0) is 37.6 Å². The second-order valence-electron chi connectivity index (χ2n) is 4.44. The molecule has 108 valence electrons. The standard InChI is InChI=1S/C14H17NO3S2/c1-11(16)14-8-7-12(19-14)9-10-15-20(17,18)13-5-3-2-4-6-13/h2-8,11,15-16H,9-10H2,1H3/t11-/m0/s1. The van der Waals surface area contributed by atoms with Crippen LogP contribution in [0.15, 0.2) is 47.4 Å². The van der Waals surface area contributed by atoms with Crippen LogP contribution >= 0.6 is 11.3 Å². The number of benzene rings is 1. The van der Waals surface area contributed by atoms with Crippen LogP contribution in [0.1, 0.15) is 22.8 Å². The molecule has 1 aromatic heterocycles. The number of aliphatic hydroxyl groups is 1. The predicted molar refractivity (Wildman–Crippen MR) is 80.3 cm³/mol. The zero-order valence-corrected chi connectivity index (χ0v) is 12.7. The summed E-state index contributed by atoms with van der Waals surface area (Å²) in [5.41, 5.74) is 0. The van der Waals surface area contributed by atoms with Crippen molar-refractivity contribution in [3.63, 3.8) is 0 Å². The molecule has 0 aliphatic heterocycles. The molecular weight excluding hydrogens is 294 g/mol. The molecule has 1 heterocycles. The van der Waals surface area contributed by atoms with E-state index in [1.165, 1.54) is 11.3 Å². The minimum Gasteiger partial charge on any atom is -0.388 e. The first kappa shape index (κ1) is 15.2. The Bertz CT molecular complexity index is 648. The Morgan fingerprint density at radius 1 is 1.20 bits per heavy atom. The van der Waals surface area contributed by atoms with Crippen LogP contribution in [0.25, 0.3) is 0 Å². The summed E-state index contributed by atoms with van der Waals surface area (Å²) in [6.07, 6.45) is 0.137. The van der Waals surface area contributed by atoms with Crippen LogP contribution in [-0.4, -0.2) is 20.1 Å². The fourth-order valence-corrected chi connectivity index (χ4v) is 3.75. The molecule has 0 aliphatic carbocycles. The summed E-state index contributed by atoms with van der Waals surface area (Å²) in [6.45, 7) is 2.06. The molecule has 0 aliphatic rings. The van der Waals surface area contributed by atoms with Crippen LogP contribution in [0.5, 0.6) is 0 Å². The van der Waals surface area contributed by atoms with E-state index in [-0.39, 0.29) is 4.90 Å². The summed E-state index contributed by atoms with van der Waals surface area (Å²) in [5, 5.41) is 9.44. The van der Waals surface area contributed by atoms with E-state index in [1.54, 1.807) is 37.3 Å². The van der Waals surface area contributed by atoms with Crippen molar-refractivity contribution in [2.75, 3.05) is 6.54 Å². The zero-order valence-electron chi connectivity index (χ0n) is 11.1. The van der Waals surface area contributed by atoms with Gasteiger partial charge in [0.15, 0.2) is 0 Å². The molecule has 4 nitrogen and oxygen atoms in total. The SMILES string of the molecule is C[C@H](O)c1ccc(CCNS(=O)(=O)c2ccccc2)s1. The number of hydrogen-bond donors (Lipinski definition) is 2. The van der Waals surface area contributed by atoms with Crippen LogP contribution in [0, 0.1) is 0 Å². The quantitative estimate of drug-likeness (QED) is 0.860. The molecule has 0 saturated heterocycles. The molecule has 0 bridgehead atoms. The molecule has 2 aromatic rings. The molecule has 0 spiro atoms. The zero-order chi connectivity index (χ0) is 14.6. The Hall–Kier alpha value is -1.21. The summed E-state index contributed by atoms with van der Waals surface area (Å²) in [5.74, 6) is 0. The normalized spacial score (nSPS) is 13.3. The minimum absolute atomic E-state index is 0.274. The van der Waals surface area contributed by atoms with E-state index in [1.807, 2.05) is 12.1 Å². The van der Waals surface area contributed by atoms with Crippen LogP contribution in [0.3, 0.4) is 0 Å². The molecule has 20 heavy (non-hydrogen) atoms. The van der Waals surface area contributed by atoms with Gasteiger partial charge in [-0.25, -0.2) is 13.1 Å². The lowest BCUT2D eigenvalue weighted by Crippen LogP contribution is -2.25. The van der Waals surface area contributed by atoms with Gasteiger partial charge >= 0.3 is 0 Å². The highest BCUT2D eigenvalue weighted by Crippen LogP contribution is 2.23. The van der Waals surface area contributed by atoms with Gasteiger partial charge in [0, 0.05) is 16.3 Å². The largest absolute Gasteiger partial charge is 0.388 e. The third kappa shape index (κ3) is 3.89. The Labute approximate surface area is 123 Å². The van der Waals surface area contributed by atoms with E-state index in [0.717, 1.165) is 9.75 Å². The average Bonchev–Trinajstić information content (AvgIpc) is 2.89. The first-order valence-electron chi connectivity index (χ1n) is 6.30. The maximum Gasteiger partial charge on any atom is 0.240 e. The van der Waals surface area contributed by atoms with Crippen LogP contribution in [0.2, 0.25) is 0 Å². The summed E-state index contributed by atoms with van der Waals surface area (Å²) in [7, 11) is -3.43. The lowest BCUT2D eigenvalue weighted by Gasteiger charge is -2.05. The molecule has 0 amide bonds. The summed E-state index contributed by atoms with van der Waals surface area (Å²) in [4.78, 5) is 2.22. The second kappa shape index (κ2) is 6.49. The van der Waals surface area contributed by atoms with Crippen LogP contribution in [0.4, 0.5) is 0 Å². The van der Waals surface area contributed by atoms with Gasteiger partial charge in [0.25, 0.3) is 0 Å². The minimum atomic E-state index is -3.43. The van der Waals surface area contributed by atoms with E-state index in [4.69, 9.17) is 0 Å². The molecule has 0 radical (unpaired) electrons. The number of rotatable bonds is 6. The van der Waals surface area contributed by atoms with Crippen LogP contribution < -0.4 is 4.72 Å². The predicted octanol–water partition coefficient (Wildman–Crippen LogP) is 2.32. The van der Waals surface area contributed by atoms with Gasteiger partial charge in [0.05, 0.1) is 11.0 Å². The topological polar surface area (TPSA) is 66.4 Å². The molecule has 0 saturated carbocycles. The molecule has 0 fully saturated rings. The summed E-state index contributed by atoms with van der Waals surface area (Å²) >= 11 is 1.50. The first-order valence-corrected chi connectivity index (χ1v) is 8.60. The molecule has 2 rings (SSSR count). The molecule has 2 N–H and O–H groups in total. The van der Waals surface area contributed by atoms with Crippen molar-refractivity contribution in [1.82, 2.24) is 4.72 Å². The van der Waals surface area contributed by atoms with Gasteiger partial charge < -0.3 is 5.11 Å².